The summed E-state index contributed by atoms with van der Waals surface area (Å²) >= 11 is 1.44. The zero-order valence-electron chi connectivity index (χ0n) is 9.30. The van der Waals surface area contributed by atoms with Crippen molar-refractivity contribution in [1.29, 1.82) is 0 Å². The van der Waals surface area contributed by atoms with Crippen LogP contribution in [0.4, 0.5) is 5.13 Å². The Morgan fingerprint density at radius 2 is 2.35 bits per heavy atom. The molecule has 0 atom stereocenters. The first kappa shape index (κ1) is 11.7. The van der Waals surface area contributed by atoms with E-state index in [1.54, 1.807) is 24.5 Å². The minimum absolute atomic E-state index is 0.198. The van der Waals surface area contributed by atoms with Gasteiger partial charge in [-0.05, 0) is 19.1 Å². The number of carbonyl (C=O) groups excluding carboxylic acids is 1. The molecular formula is C11H12N4OS. The molecule has 2 heterocycles. The normalized spacial score (nSPS) is 10.2. The van der Waals surface area contributed by atoms with E-state index in [1.165, 1.54) is 11.3 Å². The molecule has 6 heteroatoms. The van der Waals surface area contributed by atoms with Crippen molar-refractivity contribution in [2.24, 2.45) is 5.73 Å². The second kappa shape index (κ2) is 5.03. The number of nitrogens with two attached hydrogens (primary N) is 1. The molecule has 0 radical (unpaired) electrons. The van der Waals surface area contributed by atoms with Crippen LogP contribution in [-0.4, -0.2) is 15.9 Å². The first-order chi connectivity index (χ1) is 8.19. The molecule has 0 aliphatic carbocycles. The summed E-state index contributed by atoms with van der Waals surface area (Å²) in [5, 5.41) is 3.33. The zero-order valence-corrected chi connectivity index (χ0v) is 10.1. The van der Waals surface area contributed by atoms with Crippen LogP contribution in [0.15, 0.2) is 24.5 Å². The summed E-state index contributed by atoms with van der Waals surface area (Å²) in [7, 11) is 0. The number of thiazole rings is 1. The molecule has 3 N–H and O–H groups in total. The molecule has 2 rings (SSSR count). The highest BCUT2D eigenvalue weighted by Crippen LogP contribution is 2.17. The van der Waals surface area contributed by atoms with Crippen LogP contribution in [-0.2, 0) is 6.54 Å². The summed E-state index contributed by atoms with van der Waals surface area (Å²) in [6.07, 6.45) is 3.29. The monoisotopic (exact) mass is 248 g/mol. The van der Waals surface area contributed by atoms with Crippen LogP contribution in [0.5, 0.6) is 0 Å². The molecule has 17 heavy (non-hydrogen) atoms. The lowest BCUT2D eigenvalue weighted by Crippen LogP contribution is -2.12. The smallest absolute Gasteiger partial charge is 0.257 e. The Morgan fingerprint density at radius 3 is 3.00 bits per heavy atom. The van der Waals surface area contributed by atoms with Gasteiger partial charge >= 0.3 is 0 Å². The van der Waals surface area contributed by atoms with Crippen LogP contribution in [0.1, 0.15) is 20.9 Å². The van der Waals surface area contributed by atoms with E-state index in [2.05, 4.69) is 15.3 Å². The molecule has 1 amide bonds. The number of aromatic nitrogens is 2. The number of aryl methyl sites for hydroxylation is 1. The highest BCUT2D eigenvalue weighted by Gasteiger charge is 2.08. The van der Waals surface area contributed by atoms with Gasteiger partial charge in [0.1, 0.15) is 0 Å². The third-order valence-electron chi connectivity index (χ3n) is 2.13. The number of carbonyl (C=O) groups is 1. The molecule has 0 bridgehead atoms. The number of anilines is 1. The Balaban J connectivity index is 2.14. The van der Waals surface area contributed by atoms with E-state index in [0.717, 1.165) is 4.88 Å². The molecule has 2 aromatic heterocycles. The van der Waals surface area contributed by atoms with E-state index < -0.39 is 0 Å². The van der Waals surface area contributed by atoms with Gasteiger partial charge in [0, 0.05) is 29.4 Å². The minimum atomic E-state index is -0.198. The van der Waals surface area contributed by atoms with Crippen molar-refractivity contribution in [3.8, 4) is 0 Å². The van der Waals surface area contributed by atoms with Crippen molar-refractivity contribution in [2.45, 2.75) is 13.5 Å². The third kappa shape index (κ3) is 2.86. The Bertz CT molecular complexity index is 538. The fraction of sp³-hybridized carbons (Fsp3) is 0.182. The van der Waals surface area contributed by atoms with E-state index in [-0.39, 0.29) is 5.91 Å². The maximum absolute atomic E-state index is 11.9. The summed E-state index contributed by atoms with van der Waals surface area (Å²) in [4.78, 5) is 21.0. The highest BCUT2D eigenvalue weighted by molar-refractivity contribution is 7.15. The average molecular weight is 248 g/mol. The molecular weight excluding hydrogens is 236 g/mol. The van der Waals surface area contributed by atoms with Crippen LogP contribution in [0.3, 0.4) is 0 Å². The molecule has 0 aliphatic rings. The van der Waals surface area contributed by atoms with Crippen molar-refractivity contribution in [2.75, 3.05) is 5.32 Å². The maximum atomic E-state index is 11.9. The second-order valence-electron chi connectivity index (χ2n) is 3.47. The third-order valence-corrected chi connectivity index (χ3v) is 2.96. The summed E-state index contributed by atoms with van der Waals surface area (Å²) in [6.45, 7) is 2.25. The van der Waals surface area contributed by atoms with Gasteiger partial charge in [0.05, 0.1) is 5.69 Å². The van der Waals surface area contributed by atoms with Crippen molar-refractivity contribution < 1.29 is 4.79 Å². The van der Waals surface area contributed by atoms with Gasteiger partial charge < -0.3 is 5.73 Å². The molecule has 0 aliphatic heterocycles. The molecule has 0 saturated carbocycles. The van der Waals surface area contributed by atoms with E-state index in [9.17, 15) is 4.79 Å². The average Bonchev–Trinajstić information content (AvgIpc) is 2.75. The molecule has 0 fully saturated rings. The van der Waals surface area contributed by atoms with Crippen LogP contribution >= 0.6 is 11.3 Å². The molecule has 88 valence electrons. The van der Waals surface area contributed by atoms with Gasteiger partial charge in [0.15, 0.2) is 5.13 Å². The Kier molecular flexibility index (Phi) is 3.46. The molecule has 0 aromatic carbocycles. The molecule has 0 saturated heterocycles. The Labute approximate surface area is 103 Å². The largest absolute Gasteiger partial charge is 0.325 e. The standard InChI is InChI=1S/C11H12N4OS/c1-7-6-14-11(17-7)15-10(16)8-2-3-13-9(4-8)5-12/h2-4,6H,5,12H2,1H3,(H,14,15,16). The van der Waals surface area contributed by atoms with Crippen LogP contribution < -0.4 is 11.1 Å². The number of nitrogens with zero attached hydrogens (tertiary/aromatic N) is 2. The van der Waals surface area contributed by atoms with E-state index >= 15 is 0 Å². The summed E-state index contributed by atoms with van der Waals surface area (Å²) in [5.41, 5.74) is 6.69. The maximum Gasteiger partial charge on any atom is 0.257 e. The SMILES string of the molecule is Cc1cnc(NC(=O)c2ccnc(CN)c2)s1. The van der Waals surface area contributed by atoms with Gasteiger partial charge in [-0.1, -0.05) is 0 Å². The number of pyridine rings is 1. The van der Waals surface area contributed by atoms with Gasteiger partial charge in [-0.15, -0.1) is 11.3 Å². The summed E-state index contributed by atoms with van der Waals surface area (Å²) in [6, 6.07) is 3.32. The summed E-state index contributed by atoms with van der Waals surface area (Å²) < 4.78 is 0. The number of nitrogens with one attached hydrogen (secondary N) is 1. The first-order valence-electron chi connectivity index (χ1n) is 5.08. The first-order valence-corrected chi connectivity index (χ1v) is 5.89. The lowest BCUT2D eigenvalue weighted by molar-refractivity contribution is 0.102. The minimum Gasteiger partial charge on any atom is -0.325 e. The second-order valence-corrected chi connectivity index (χ2v) is 4.70. The van der Waals surface area contributed by atoms with Crippen molar-refractivity contribution in [1.82, 2.24) is 9.97 Å². The number of amides is 1. The van der Waals surface area contributed by atoms with E-state index in [4.69, 9.17) is 5.73 Å². The van der Waals surface area contributed by atoms with E-state index in [1.807, 2.05) is 6.92 Å². The lowest BCUT2D eigenvalue weighted by atomic mass is 10.2. The van der Waals surface area contributed by atoms with Crippen molar-refractivity contribution >= 4 is 22.4 Å². The van der Waals surface area contributed by atoms with Crippen LogP contribution in [0, 0.1) is 6.92 Å². The molecule has 0 spiro atoms. The van der Waals surface area contributed by atoms with Crippen LogP contribution in [0.2, 0.25) is 0 Å². The molecule has 2 aromatic rings. The number of hydrogen-bond donors (Lipinski definition) is 2. The van der Waals surface area contributed by atoms with E-state index in [0.29, 0.717) is 22.9 Å². The predicted octanol–water partition coefficient (Wildman–Crippen LogP) is 1.56. The predicted molar refractivity (Wildman–Crippen MR) is 66.9 cm³/mol. The zero-order chi connectivity index (χ0) is 12.3. The fourth-order valence-corrected chi connectivity index (χ4v) is 1.97. The number of rotatable bonds is 3. The lowest BCUT2D eigenvalue weighted by Gasteiger charge is -2.02. The quantitative estimate of drug-likeness (QED) is 0.863. The van der Waals surface area contributed by atoms with Crippen molar-refractivity contribution in [3.05, 3.63) is 40.7 Å². The number of hydrogen-bond acceptors (Lipinski definition) is 5. The van der Waals surface area contributed by atoms with Gasteiger partial charge in [-0.3, -0.25) is 15.1 Å². The van der Waals surface area contributed by atoms with Gasteiger partial charge in [-0.25, -0.2) is 4.98 Å². The van der Waals surface area contributed by atoms with Gasteiger partial charge in [0.2, 0.25) is 0 Å². The summed E-state index contributed by atoms with van der Waals surface area (Å²) in [5.74, 6) is -0.198. The van der Waals surface area contributed by atoms with Gasteiger partial charge in [-0.2, -0.15) is 0 Å². The fourth-order valence-electron chi connectivity index (χ4n) is 1.31. The van der Waals surface area contributed by atoms with Gasteiger partial charge in [0.25, 0.3) is 5.91 Å². The topological polar surface area (TPSA) is 80.9 Å². The highest BCUT2D eigenvalue weighted by atomic mass is 32.1. The Morgan fingerprint density at radius 1 is 1.53 bits per heavy atom. The Hall–Kier alpha value is -1.79. The molecule has 0 unspecified atom stereocenters. The molecule has 5 nitrogen and oxygen atoms in total. The van der Waals surface area contributed by atoms with Crippen LogP contribution in [0.25, 0.3) is 0 Å². The van der Waals surface area contributed by atoms with Crippen molar-refractivity contribution in [3.63, 3.8) is 0 Å².